The molecule has 1 saturated heterocycles. The molecule has 1 rings (SSSR count). The van der Waals surface area contributed by atoms with Gasteiger partial charge in [0.05, 0.1) is 6.61 Å². The number of methoxy groups -OCH3 is 1. The lowest BCUT2D eigenvalue weighted by atomic mass is 10.1. The van der Waals surface area contributed by atoms with Crippen molar-refractivity contribution in [1.82, 2.24) is 0 Å². The lowest BCUT2D eigenvalue weighted by molar-refractivity contribution is -0.150. The molecule has 0 aromatic rings. The van der Waals surface area contributed by atoms with Gasteiger partial charge in [-0.3, -0.25) is 4.79 Å². The highest BCUT2D eigenvalue weighted by atomic mass is 16.7. The molecule has 13 heavy (non-hydrogen) atoms. The summed E-state index contributed by atoms with van der Waals surface area (Å²) in [5.41, 5.74) is 0. The largest absolute Gasteiger partial charge is 0.459 e. The second-order valence-electron chi connectivity index (χ2n) is 3.18. The van der Waals surface area contributed by atoms with Crippen LogP contribution in [0.4, 0.5) is 0 Å². The summed E-state index contributed by atoms with van der Waals surface area (Å²) < 4.78 is 15.5. The fourth-order valence-corrected chi connectivity index (χ4v) is 1.34. The third-order valence-electron chi connectivity index (χ3n) is 2.24. The summed E-state index contributed by atoms with van der Waals surface area (Å²) in [5, 5.41) is 0. The highest BCUT2D eigenvalue weighted by Gasteiger charge is 2.36. The molecule has 1 aliphatic heterocycles. The lowest BCUT2D eigenvalue weighted by Crippen LogP contribution is -2.27. The number of esters is 1. The SMILES string of the molecule is CCC(=O)O[C@H]1CO[C@@H](OC)[C@@H]1C. The molecule has 1 fully saturated rings. The minimum atomic E-state index is -0.241. The van der Waals surface area contributed by atoms with Crippen molar-refractivity contribution in [3.63, 3.8) is 0 Å². The molecule has 0 N–H and O–H groups in total. The zero-order valence-corrected chi connectivity index (χ0v) is 8.28. The number of rotatable bonds is 3. The van der Waals surface area contributed by atoms with Crippen molar-refractivity contribution in [3.8, 4) is 0 Å². The molecule has 0 aromatic carbocycles. The fourth-order valence-electron chi connectivity index (χ4n) is 1.34. The molecule has 1 aliphatic rings. The average molecular weight is 188 g/mol. The molecule has 0 unspecified atom stereocenters. The Bertz CT molecular complexity index is 180. The average Bonchev–Trinajstić information content (AvgIpc) is 2.48. The van der Waals surface area contributed by atoms with E-state index in [1.807, 2.05) is 6.92 Å². The lowest BCUT2D eigenvalue weighted by Gasteiger charge is -2.16. The molecule has 0 aromatic heterocycles. The van der Waals surface area contributed by atoms with Gasteiger partial charge in [0.1, 0.15) is 6.10 Å². The smallest absolute Gasteiger partial charge is 0.305 e. The number of hydrogen-bond donors (Lipinski definition) is 0. The molecular formula is C9H16O4. The minimum absolute atomic E-state index is 0.112. The first-order chi connectivity index (χ1) is 6.19. The third-order valence-corrected chi connectivity index (χ3v) is 2.24. The zero-order chi connectivity index (χ0) is 9.84. The standard InChI is InChI=1S/C9H16O4/c1-4-8(10)13-7-5-12-9(11-3)6(7)2/h6-7,9H,4-5H2,1-3H3/t6-,7+,9-/m1/s1. The Hall–Kier alpha value is -0.610. The van der Waals surface area contributed by atoms with Crippen molar-refractivity contribution in [3.05, 3.63) is 0 Å². The van der Waals surface area contributed by atoms with Crippen molar-refractivity contribution in [2.24, 2.45) is 5.92 Å². The Labute approximate surface area is 78.2 Å². The molecule has 0 spiro atoms. The van der Waals surface area contributed by atoms with E-state index >= 15 is 0 Å². The van der Waals surface area contributed by atoms with Gasteiger partial charge in [-0.15, -0.1) is 0 Å². The first-order valence-corrected chi connectivity index (χ1v) is 4.53. The molecule has 0 radical (unpaired) electrons. The Balaban J connectivity index is 2.40. The Morgan fingerprint density at radius 1 is 1.62 bits per heavy atom. The van der Waals surface area contributed by atoms with Gasteiger partial charge in [-0.05, 0) is 0 Å². The third kappa shape index (κ3) is 2.42. The molecule has 1 heterocycles. The van der Waals surface area contributed by atoms with Crippen LogP contribution >= 0.6 is 0 Å². The number of carbonyl (C=O) groups excluding carboxylic acids is 1. The van der Waals surface area contributed by atoms with Crippen LogP contribution in [0.2, 0.25) is 0 Å². The molecule has 76 valence electrons. The zero-order valence-electron chi connectivity index (χ0n) is 8.28. The van der Waals surface area contributed by atoms with Gasteiger partial charge in [0.15, 0.2) is 6.29 Å². The number of ether oxygens (including phenoxy) is 3. The van der Waals surface area contributed by atoms with E-state index in [9.17, 15) is 4.79 Å². The van der Waals surface area contributed by atoms with Gasteiger partial charge >= 0.3 is 5.97 Å². The van der Waals surface area contributed by atoms with Gasteiger partial charge in [-0.1, -0.05) is 13.8 Å². The normalized spacial score (nSPS) is 33.3. The highest BCUT2D eigenvalue weighted by Crippen LogP contribution is 2.24. The van der Waals surface area contributed by atoms with Crippen LogP contribution in [-0.2, 0) is 19.0 Å². The second-order valence-corrected chi connectivity index (χ2v) is 3.18. The van der Waals surface area contributed by atoms with Gasteiger partial charge in [0.25, 0.3) is 0 Å². The molecule has 0 aliphatic carbocycles. The van der Waals surface area contributed by atoms with Crippen molar-refractivity contribution < 1.29 is 19.0 Å². The predicted molar refractivity (Wildman–Crippen MR) is 46.1 cm³/mol. The summed E-state index contributed by atoms with van der Waals surface area (Å²) in [4.78, 5) is 11.0. The first kappa shape index (κ1) is 10.5. The maximum absolute atomic E-state index is 11.0. The summed E-state index contributed by atoms with van der Waals surface area (Å²) in [7, 11) is 1.59. The van der Waals surface area contributed by atoms with E-state index in [4.69, 9.17) is 14.2 Å². The Morgan fingerprint density at radius 2 is 2.31 bits per heavy atom. The molecule has 3 atom stereocenters. The van der Waals surface area contributed by atoms with E-state index in [0.29, 0.717) is 13.0 Å². The van der Waals surface area contributed by atoms with Gasteiger partial charge in [0.2, 0.25) is 0 Å². The van der Waals surface area contributed by atoms with Crippen LogP contribution in [0, 0.1) is 5.92 Å². The quantitative estimate of drug-likeness (QED) is 0.618. The molecule has 0 amide bonds. The molecule has 4 heteroatoms. The minimum Gasteiger partial charge on any atom is -0.459 e. The van der Waals surface area contributed by atoms with Crippen LogP contribution in [-0.4, -0.2) is 32.1 Å². The number of carbonyl (C=O) groups is 1. The van der Waals surface area contributed by atoms with Crippen molar-refractivity contribution in [2.75, 3.05) is 13.7 Å². The van der Waals surface area contributed by atoms with Gasteiger partial charge in [-0.2, -0.15) is 0 Å². The van der Waals surface area contributed by atoms with E-state index in [1.54, 1.807) is 14.0 Å². The fraction of sp³-hybridized carbons (Fsp3) is 0.889. The number of hydrogen-bond acceptors (Lipinski definition) is 4. The summed E-state index contributed by atoms with van der Waals surface area (Å²) in [6, 6.07) is 0. The summed E-state index contributed by atoms with van der Waals surface area (Å²) >= 11 is 0. The van der Waals surface area contributed by atoms with Crippen molar-refractivity contribution >= 4 is 5.97 Å². The van der Waals surface area contributed by atoms with Gasteiger partial charge < -0.3 is 14.2 Å². The second kappa shape index (κ2) is 4.58. The summed E-state index contributed by atoms with van der Waals surface area (Å²) in [6.45, 7) is 4.16. The predicted octanol–water partition coefficient (Wildman–Crippen LogP) is 0.947. The maximum Gasteiger partial charge on any atom is 0.305 e. The van der Waals surface area contributed by atoms with E-state index in [-0.39, 0.29) is 24.3 Å². The van der Waals surface area contributed by atoms with Crippen molar-refractivity contribution in [1.29, 1.82) is 0 Å². The van der Waals surface area contributed by atoms with E-state index in [0.717, 1.165) is 0 Å². The topological polar surface area (TPSA) is 44.8 Å². The van der Waals surface area contributed by atoms with Crippen molar-refractivity contribution in [2.45, 2.75) is 32.7 Å². The Morgan fingerprint density at radius 3 is 2.77 bits per heavy atom. The van der Waals surface area contributed by atoms with Crippen LogP contribution in [0.3, 0.4) is 0 Å². The van der Waals surface area contributed by atoms with Crippen LogP contribution in [0.15, 0.2) is 0 Å². The van der Waals surface area contributed by atoms with Gasteiger partial charge in [-0.25, -0.2) is 0 Å². The molecule has 4 nitrogen and oxygen atoms in total. The summed E-state index contributed by atoms with van der Waals surface area (Å²) in [6.07, 6.45) is 0.00740. The maximum atomic E-state index is 11.0. The van der Waals surface area contributed by atoms with Gasteiger partial charge in [0, 0.05) is 19.4 Å². The summed E-state index contributed by atoms with van der Waals surface area (Å²) in [5.74, 6) is -0.0716. The first-order valence-electron chi connectivity index (χ1n) is 4.53. The molecule has 0 bridgehead atoms. The van der Waals surface area contributed by atoms with Crippen LogP contribution in [0.1, 0.15) is 20.3 Å². The molecular weight excluding hydrogens is 172 g/mol. The highest BCUT2D eigenvalue weighted by molar-refractivity contribution is 5.69. The van der Waals surface area contributed by atoms with Crippen LogP contribution in [0.5, 0.6) is 0 Å². The monoisotopic (exact) mass is 188 g/mol. The molecule has 0 saturated carbocycles. The van der Waals surface area contributed by atoms with E-state index in [1.165, 1.54) is 0 Å². The van der Waals surface area contributed by atoms with E-state index < -0.39 is 0 Å². The van der Waals surface area contributed by atoms with Crippen LogP contribution in [0.25, 0.3) is 0 Å². The van der Waals surface area contributed by atoms with E-state index in [2.05, 4.69) is 0 Å². The van der Waals surface area contributed by atoms with Crippen LogP contribution < -0.4 is 0 Å². The Kier molecular flexibility index (Phi) is 3.69.